The number of fused-ring (bicyclic) bond motifs is 1. The average molecular weight is 394 g/mol. The number of methoxy groups -OCH3 is 1. The third-order valence-electron chi connectivity index (χ3n) is 4.10. The summed E-state index contributed by atoms with van der Waals surface area (Å²) >= 11 is 1.26. The summed E-state index contributed by atoms with van der Waals surface area (Å²) in [4.78, 5) is 12.5. The van der Waals surface area contributed by atoms with E-state index < -0.39 is 0 Å². The minimum Gasteiger partial charge on any atom is -0.497 e. The number of rotatable bonds is 6. The number of thioether (sulfide) groups is 1. The summed E-state index contributed by atoms with van der Waals surface area (Å²) in [6.45, 7) is 0. The zero-order valence-electron chi connectivity index (χ0n) is 14.9. The second-order valence-corrected chi connectivity index (χ2v) is 6.86. The Kier molecular flexibility index (Phi) is 5.03. The van der Waals surface area contributed by atoms with Crippen molar-refractivity contribution < 1.29 is 13.9 Å². The van der Waals surface area contributed by atoms with Crippen LogP contribution in [0.4, 0.5) is 4.39 Å². The fourth-order valence-corrected chi connectivity index (χ4v) is 3.43. The van der Waals surface area contributed by atoms with Gasteiger partial charge in [-0.25, -0.2) is 4.39 Å². The van der Waals surface area contributed by atoms with Crippen molar-refractivity contribution in [2.75, 3.05) is 12.9 Å². The van der Waals surface area contributed by atoms with E-state index in [2.05, 4.69) is 15.3 Å². The number of hydrogen-bond donors (Lipinski definition) is 0. The molecule has 0 fully saturated rings. The number of Topliss-reactive ketones (excluding diaryl/α,β-unsaturated/α-hetero) is 1. The van der Waals surface area contributed by atoms with E-state index in [0.717, 1.165) is 5.56 Å². The van der Waals surface area contributed by atoms with Gasteiger partial charge >= 0.3 is 0 Å². The highest BCUT2D eigenvalue weighted by Gasteiger charge is 2.13. The molecular weight excluding hydrogens is 379 g/mol. The number of carbonyl (C=O) groups excluding carboxylic acids is 1. The highest BCUT2D eigenvalue weighted by molar-refractivity contribution is 7.99. The van der Waals surface area contributed by atoms with Gasteiger partial charge < -0.3 is 4.74 Å². The number of ether oxygens (including phenoxy) is 1. The molecule has 6 nitrogen and oxygen atoms in total. The Balaban J connectivity index is 1.56. The Hall–Kier alpha value is -3.26. The topological polar surface area (TPSA) is 69.4 Å². The van der Waals surface area contributed by atoms with E-state index in [4.69, 9.17) is 4.74 Å². The normalized spacial score (nSPS) is 10.9. The highest BCUT2D eigenvalue weighted by Crippen LogP contribution is 2.22. The Morgan fingerprint density at radius 3 is 2.71 bits per heavy atom. The lowest BCUT2D eigenvalue weighted by Crippen LogP contribution is -2.04. The van der Waals surface area contributed by atoms with Crippen LogP contribution >= 0.6 is 11.8 Å². The first kappa shape index (κ1) is 18.1. The molecule has 8 heteroatoms. The monoisotopic (exact) mass is 394 g/mol. The van der Waals surface area contributed by atoms with Gasteiger partial charge in [-0.15, -0.1) is 10.2 Å². The SMILES string of the molecule is COc1cccc(C(=O)CSc2nnc3ccc(-c4ccc(F)cc4)nn23)c1. The molecule has 0 aliphatic rings. The van der Waals surface area contributed by atoms with Gasteiger partial charge in [-0.05, 0) is 48.5 Å². The number of carbonyl (C=O) groups is 1. The Bertz CT molecular complexity index is 1140. The van der Waals surface area contributed by atoms with Gasteiger partial charge in [-0.3, -0.25) is 4.79 Å². The molecule has 4 rings (SSSR count). The molecule has 4 aromatic rings. The minimum absolute atomic E-state index is 0.0460. The maximum Gasteiger partial charge on any atom is 0.212 e. The maximum absolute atomic E-state index is 13.1. The fourth-order valence-electron chi connectivity index (χ4n) is 2.64. The highest BCUT2D eigenvalue weighted by atomic mass is 32.2. The van der Waals surface area contributed by atoms with Crippen LogP contribution in [0, 0.1) is 5.82 Å². The third-order valence-corrected chi connectivity index (χ3v) is 5.02. The Morgan fingerprint density at radius 1 is 1.11 bits per heavy atom. The van der Waals surface area contributed by atoms with Gasteiger partial charge in [-0.2, -0.15) is 9.61 Å². The molecule has 0 aliphatic carbocycles. The van der Waals surface area contributed by atoms with Gasteiger partial charge in [0, 0.05) is 11.1 Å². The van der Waals surface area contributed by atoms with Crippen molar-refractivity contribution in [2.24, 2.45) is 0 Å². The van der Waals surface area contributed by atoms with Crippen LogP contribution in [0.1, 0.15) is 10.4 Å². The smallest absolute Gasteiger partial charge is 0.212 e. The lowest BCUT2D eigenvalue weighted by Gasteiger charge is -2.04. The zero-order valence-corrected chi connectivity index (χ0v) is 15.7. The average Bonchev–Trinajstić information content (AvgIpc) is 3.15. The lowest BCUT2D eigenvalue weighted by atomic mass is 10.1. The summed E-state index contributed by atoms with van der Waals surface area (Å²) in [5, 5.41) is 13.2. The van der Waals surface area contributed by atoms with Crippen molar-refractivity contribution in [1.82, 2.24) is 19.8 Å². The summed E-state index contributed by atoms with van der Waals surface area (Å²) in [5.74, 6) is 0.474. The van der Waals surface area contributed by atoms with Crippen molar-refractivity contribution >= 4 is 23.2 Å². The van der Waals surface area contributed by atoms with E-state index in [9.17, 15) is 9.18 Å². The Labute approximate surface area is 164 Å². The molecule has 0 atom stereocenters. The fraction of sp³-hybridized carbons (Fsp3) is 0.100. The van der Waals surface area contributed by atoms with Gasteiger partial charge in [0.05, 0.1) is 18.6 Å². The van der Waals surface area contributed by atoms with E-state index in [1.165, 1.54) is 23.9 Å². The van der Waals surface area contributed by atoms with Crippen LogP contribution in [-0.4, -0.2) is 38.5 Å². The summed E-state index contributed by atoms with van der Waals surface area (Å²) < 4.78 is 19.9. The largest absolute Gasteiger partial charge is 0.497 e. The lowest BCUT2D eigenvalue weighted by molar-refractivity contribution is 0.102. The summed E-state index contributed by atoms with van der Waals surface area (Å²) in [7, 11) is 1.56. The predicted molar refractivity (Wildman–Crippen MR) is 104 cm³/mol. The summed E-state index contributed by atoms with van der Waals surface area (Å²) in [6.07, 6.45) is 0. The number of halogens is 1. The molecular formula is C20H15FN4O2S. The summed E-state index contributed by atoms with van der Waals surface area (Å²) in [6, 6.07) is 16.7. The van der Waals surface area contributed by atoms with Gasteiger partial charge in [-0.1, -0.05) is 23.9 Å². The maximum atomic E-state index is 13.1. The van der Waals surface area contributed by atoms with Crippen molar-refractivity contribution in [2.45, 2.75) is 5.16 Å². The molecule has 0 radical (unpaired) electrons. The van der Waals surface area contributed by atoms with Crippen LogP contribution in [-0.2, 0) is 0 Å². The molecule has 2 aromatic carbocycles. The van der Waals surface area contributed by atoms with Crippen LogP contribution in [0.3, 0.4) is 0 Å². The first-order valence-corrected chi connectivity index (χ1v) is 9.41. The van der Waals surface area contributed by atoms with Crippen molar-refractivity contribution in [1.29, 1.82) is 0 Å². The molecule has 0 saturated carbocycles. The number of ketones is 1. The second-order valence-electron chi connectivity index (χ2n) is 5.92. The Morgan fingerprint density at radius 2 is 1.93 bits per heavy atom. The van der Waals surface area contributed by atoms with E-state index in [1.54, 1.807) is 60.2 Å². The molecule has 2 aromatic heterocycles. The quantitative estimate of drug-likeness (QED) is 0.365. The first-order valence-electron chi connectivity index (χ1n) is 8.42. The van der Waals surface area contributed by atoms with Gasteiger partial charge in [0.2, 0.25) is 5.16 Å². The molecule has 0 spiro atoms. The van der Waals surface area contributed by atoms with Gasteiger partial charge in [0.1, 0.15) is 11.6 Å². The van der Waals surface area contributed by atoms with E-state index in [1.807, 2.05) is 0 Å². The first-order chi connectivity index (χ1) is 13.6. The van der Waals surface area contributed by atoms with Crippen LogP contribution in [0.5, 0.6) is 5.75 Å². The van der Waals surface area contributed by atoms with Crippen LogP contribution in [0.15, 0.2) is 65.8 Å². The third kappa shape index (κ3) is 3.72. The van der Waals surface area contributed by atoms with Gasteiger partial charge in [0.25, 0.3) is 0 Å². The molecule has 140 valence electrons. The molecule has 0 aliphatic heterocycles. The van der Waals surface area contributed by atoms with E-state index in [-0.39, 0.29) is 17.4 Å². The van der Waals surface area contributed by atoms with Crippen molar-refractivity contribution in [3.63, 3.8) is 0 Å². The molecule has 28 heavy (non-hydrogen) atoms. The molecule has 0 bridgehead atoms. The van der Waals surface area contributed by atoms with Crippen LogP contribution < -0.4 is 4.74 Å². The van der Waals surface area contributed by atoms with Crippen molar-refractivity contribution in [3.05, 3.63) is 72.0 Å². The number of hydrogen-bond acceptors (Lipinski definition) is 6. The number of nitrogens with zero attached hydrogens (tertiary/aromatic N) is 4. The molecule has 0 N–H and O–H groups in total. The molecule has 0 unspecified atom stereocenters. The van der Waals surface area contributed by atoms with Crippen LogP contribution in [0.2, 0.25) is 0 Å². The standard InChI is InChI=1S/C20H15FN4O2S/c1-27-16-4-2-3-14(11-16)18(26)12-28-20-23-22-19-10-9-17(24-25(19)20)13-5-7-15(21)8-6-13/h2-11H,12H2,1H3. The molecule has 2 heterocycles. The van der Waals surface area contributed by atoms with E-state index in [0.29, 0.717) is 27.8 Å². The zero-order chi connectivity index (χ0) is 19.5. The molecule has 0 amide bonds. The number of benzene rings is 2. The predicted octanol–water partition coefficient (Wildman–Crippen LogP) is 3.91. The minimum atomic E-state index is -0.304. The van der Waals surface area contributed by atoms with Crippen LogP contribution in [0.25, 0.3) is 16.9 Å². The summed E-state index contributed by atoms with van der Waals surface area (Å²) in [5.41, 5.74) is 2.58. The van der Waals surface area contributed by atoms with E-state index >= 15 is 0 Å². The van der Waals surface area contributed by atoms with Crippen molar-refractivity contribution in [3.8, 4) is 17.0 Å². The second kappa shape index (κ2) is 7.77. The number of aromatic nitrogens is 4. The molecule has 0 saturated heterocycles. The van der Waals surface area contributed by atoms with Gasteiger partial charge in [0.15, 0.2) is 11.4 Å².